The number of carbonyl (C=O) groups excluding carboxylic acids is 2. The van der Waals surface area contributed by atoms with Crippen LogP contribution in [0.3, 0.4) is 0 Å². The van der Waals surface area contributed by atoms with Gasteiger partial charge in [0.25, 0.3) is 0 Å². The van der Waals surface area contributed by atoms with Gasteiger partial charge in [-0.15, -0.1) is 0 Å². The van der Waals surface area contributed by atoms with Gasteiger partial charge in [0.1, 0.15) is 0 Å². The Morgan fingerprint density at radius 1 is 1.33 bits per heavy atom. The third-order valence-electron chi connectivity index (χ3n) is 2.45. The van der Waals surface area contributed by atoms with Gasteiger partial charge >= 0.3 is 0 Å². The van der Waals surface area contributed by atoms with Gasteiger partial charge < -0.3 is 10.2 Å². The Labute approximate surface area is 92.0 Å². The van der Waals surface area contributed by atoms with Gasteiger partial charge in [0.05, 0.1) is 6.54 Å². The van der Waals surface area contributed by atoms with E-state index < -0.39 is 0 Å². The van der Waals surface area contributed by atoms with Crippen molar-refractivity contribution in [3.05, 3.63) is 0 Å². The highest BCUT2D eigenvalue weighted by Gasteiger charge is 2.19. The number of amides is 2. The van der Waals surface area contributed by atoms with Crippen LogP contribution in [-0.4, -0.2) is 36.9 Å². The standard InChI is InChI=1S/C11H22N2O2/c1-5-7-9(3)11(15)13(6-2)8-10(14)12-4/h9H,5-8H2,1-4H3,(H,12,14). The van der Waals surface area contributed by atoms with Crippen molar-refractivity contribution >= 4 is 11.8 Å². The van der Waals surface area contributed by atoms with Gasteiger partial charge in [-0.3, -0.25) is 9.59 Å². The summed E-state index contributed by atoms with van der Waals surface area (Å²) in [7, 11) is 1.58. The van der Waals surface area contributed by atoms with Crippen LogP contribution in [0, 0.1) is 5.92 Å². The summed E-state index contributed by atoms with van der Waals surface area (Å²) in [6.45, 7) is 6.61. The van der Waals surface area contributed by atoms with E-state index in [-0.39, 0.29) is 24.3 Å². The molecular formula is C11H22N2O2. The molecule has 0 aromatic heterocycles. The number of rotatable bonds is 6. The topological polar surface area (TPSA) is 49.4 Å². The molecule has 0 aliphatic heterocycles. The van der Waals surface area contributed by atoms with E-state index in [1.807, 2.05) is 13.8 Å². The van der Waals surface area contributed by atoms with Gasteiger partial charge in [-0.25, -0.2) is 0 Å². The minimum absolute atomic E-state index is 0.0135. The Balaban J connectivity index is 4.27. The Bertz CT molecular complexity index is 217. The molecule has 0 aliphatic carbocycles. The number of likely N-dealkylation sites (N-methyl/N-ethyl adjacent to an activating group) is 2. The van der Waals surface area contributed by atoms with E-state index in [9.17, 15) is 9.59 Å². The summed E-state index contributed by atoms with van der Waals surface area (Å²) in [6, 6.07) is 0. The zero-order chi connectivity index (χ0) is 11.8. The van der Waals surface area contributed by atoms with Crippen LogP contribution in [0.5, 0.6) is 0 Å². The van der Waals surface area contributed by atoms with Crippen LogP contribution in [0.25, 0.3) is 0 Å². The van der Waals surface area contributed by atoms with Gasteiger partial charge in [-0.2, -0.15) is 0 Å². The maximum atomic E-state index is 11.9. The number of hydrogen-bond donors (Lipinski definition) is 1. The first kappa shape index (κ1) is 13.9. The number of nitrogens with one attached hydrogen (secondary N) is 1. The molecule has 0 fully saturated rings. The molecule has 0 saturated carbocycles. The average Bonchev–Trinajstić information content (AvgIpc) is 2.24. The van der Waals surface area contributed by atoms with E-state index in [0.717, 1.165) is 12.8 Å². The summed E-state index contributed by atoms with van der Waals surface area (Å²) in [5.41, 5.74) is 0. The first-order valence-electron chi connectivity index (χ1n) is 5.56. The van der Waals surface area contributed by atoms with Crippen molar-refractivity contribution in [3.8, 4) is 0 Å². The molecular weight excluding hydrogens is 192 g/mol. The number of nitrogens with zero attached hydrogens (tertiary/aromatic N) is 1. The maximum Gasteiger partial charge on any atom is 0.239 e. The molecule has 4 heteroatoms. The van der Waals surface area contributed by atoms with Crippen LogP contribution in [0.15, 0.2) is 0 Å². The van der Waals surface area contributed by atoms with Gasteiger partial charge in [-0.1, -0.05) is 20.3 Å². The lowest BCUT2D eigenvalue weighted by Gasteiger charge is -2.23. The fourth-order valence-corrected chi connectivity index (χ4v) is 1.47. The van der Waals surface area contributed by atoms with Crippen LogP contribution in [-0.2, 0) is 9.59 Å². The van der Waals surface area contributed by atoms with Crippen LogP contribution in [0.2, 0.25) is 0 Å². The molecule has 88 valence electrons. The van der Waals surface area contributed by atoms with E-state index in [1.54, 1.807) is 11.9 Å². The molecule has 1 N–H and O–H groups in total. The van der Waals surface area contributed by atoms with Crippen molar-refractivity contribution in [2.24, 2.45) is 5.92 Å². The normalized spacial score (nSPS) is 12.0. The van der Waals surface area contributed by atoms with Crippen LogP contribution in [0.1, 0.15) is 33.6 Å². The molecule has 0 heterocycles. The second kappa shape index (κ2) is 7.26. The Hall–Kier alpha value is -1.06. The molecule has 0 saturated heterocycles. The molecule has 0 radical (unpaired) electrons. The molecule has 0 aliphatic rings. The molecule has 1 atom stereocenters. The second-order valence-corrected chi connectivity index (χ2v) is 3.72. The van der Waals surface area contributed by atoms with E-state index >= 15 is 0 Å². The van der Waals surface area contributed by atoms with E-state index in [4.69, 9.17) is 0 Å². The lowest BCUT2D eigenvalue weighted by molar-refractivity contribution is -0.138. The molecule has 4 nitrogen and oxygen atoms in total. The number of hydrogen-bond acceptors (Lipinski definition) is 2. The van der Waals surface area contributed by atoms with Crippen LogP contribution < -0.4 is 5.32 Å². The molecule has 15 heavy (non-hydrogen) atoms. The molecule has 0 spiro atoms. The van der Waals surface area contributed by atoms with Crippen LogP contribution in [0.4, 0.5) is 0 Å². The first-order valence-corrected chi connectivity index (χ1v) is 5.56. The van der Waals surface area contributed by atoms with E-state index in [0.29, 0.717) is 6.54 Å². The molecule has 0 bridgehead atoms. The van der Waals surface area contributed by atoms with Gasteiger partial charge in [-0.05, 0) is 13.3 Å². The van der Waals surface area contributed by atoms with Gasteiger partial charge in [0, 0.05) is 19.5 Å². The highest BCUT2D eigenvalue weighted by Crippen LogP contribution is 2.09. The summed E-state index contributed by atoms with van der Waals surface area (Å²) in [6.07, 6.45) is 1.87. The average molecular weight is 214 g/mol. The smallest absolute Gasteiger partial charge is 0.239 e. The minimum atomic E-state index is -0.117. The Morgan fingerprint density at radius 2 is 1.93 bits per heavy atom. The third-order valence-corrected chi connectivity index (χ3v) is 2.45. The molecule has 0 rings (SSSR count). The van der Waals surface area contributed by atoms with Crippen molar-refractivity contribution in [3.63, 3.8) is 0 Å². The Morgan fingerprint density at radius 3 is 2.33 bits per heavy atom. The van der Waals surface area contributed by atoms with Crippen molar-refractivity contribution in [2.75, 3.05) is 20.1 Å². The summed E-state index contributed by atoms with van der Waals surface area (Å²) >= 11 is 0. The van der Waals surface area contributed by atoms with Crippen molar-refractivity contribution < 1.29 is 9.59 Å². The van der Waals surface area contributed by atoms with Gasteiger partial charge in [0.15, 0.2) is 0 Å². The summed E-state index contributed by atoms with van der Waals surface area (Å²) in [4.78, 5) is 24.6. The zero-order valence-electron chi connectivity index (χ0n) is 10.2. The highest BCUT2D eigenvalue weighted by molar-refractivity contribution is 5.85. The lowest BCUT2D eigenvalue weighted by Crippen LogP contribution is -2.41. The van der Waals surface area contributed by atoms with Crippen molar-refractivity contribution in [1.82, 2.24) is 10.2 Å². The molecule has 0 aromatic rings. The largest absolute Gasteiger partial charge is 0.358 e. The summed E-state index contributed by atoms with van der Waals surface area (Å²) in [5.74, 6) is -0.0311. The maximum absolute atomic E-state index is 11.9. The second-order valence-electron chi connectivity index (χ2n) is 3.72. The third kappa shape index (κ3) is 4.81. The highest BCUT2D eigenvalue weighted by atomic mass is 16.2. The Kier molecular flexibility index (Phi) is 6.75. The fourth-order valence-electron chi connectivity index (χ4n) is 1.47. The van der Waals surface area contributed by atoms with E-state index in [2.05, 4.69) is 12.2 Å². The number of carbonyl (C=O) groups is 2. The fraction of sp³-hybridized carbons (Fsp3) is 0.818. The predicted octanol–water partition coefficient (Wildman–Crippen LogP) is 1.02. The summed E-state index contributed by atoms with van der Waals surface area (Å²) < 4.78 is 0. The van der Waals surface area contributed by atoms with Gasteiger partial charge in [0.2, 0.25) is 11.8 Å². The minimum Gasteiger partial charge on any atom is -0.358 e. The SMILES string of the molecule is CCCC(C)C(=O)N(CC)CC(=O)NC. The summed E-state index contributed by atoms with van der Waals surface area (Å²) in [5, 5.41) is 2.52. The lowest BCUT2D eigenvalue weighted by atomic mass is 10.0. The molecule has 2 amide bonds. The monoisotopic (exact) mass is 214 g/mol. The molecule has 0 aromatic carbocycles. The first-order chi connectivity index (χ1) is 7.06. The zero-order valence-corrected chi connectivity index (χ0v) is 10.2. The van der Waals surface area contributed by atoms with Crippen molar-refractivity contribution in [2.45, 2.75) is 33.6 Å². The predicted molar refractivity (Wildman–Crippen MR) is 60.4 cm³/mol. The van der Waals surface area contributed by atoms with E-state index in [1.165, 1.54) is 0 Å². The van der Waals surface area contributed by atoms with Crippen molar-refractivity contribution in [1.29, 1.82) is 0 Å². The quantitative estimate of drug-likeness (QED) is 0.717. The molecule has 1 unspecified atom stereocenters. The van der Waals surface area contributed by atoms with Crippen LogP contribution >= 0.6 is 0 Å².